The lowest BCUT2D eigenvalue weighted by Crippen LogP contribution is -2.39. The predicted octanol–water partition coefficient (Wildman–Crippen LogP) is 4.01. The smallest absolute Gasteiger partial charge is 0.410 e. The summed E-state index contributed by atoms with van der Waals surface area (Å²) in [5, 5.41) is 10.6. The van der Waals surface area contributed by atoms with Gasteiger partial charge in [0, 0.05) is 18.7 Å². The van der Waals surface area contributed by atoms with Crippen molar-refractivity contribution in [3.05, 3.63) is 46.0 Å². The zero-order valence-corrected chi connectivity index (χ0v) is 13.7. The average molecular weight is 318 g/mol. The van der Waals surface area contributed by atoms with Gasteiger partial charge >= 0.3 is 6.09 Å². The van der Waals surface area contributed by atoms with Crippen LogP contribution in [-0.2, 0) is 4.74 Å². The minimum absolute atomic E-state index is 0.0000388. The third-order valence-electron chi connectivity index (χ3n) is 3.54. The molecule has 0 saturated carbocycles. The second-order valence-corrected chi connectivity index (χ2v) is 6.59. The molecule has 1 amide bonds. The molecule has 124 valence electrons. The van der Waals surface area contributed by atoms with Crippen molar-refractivity contribution in [2.24, 2.45) is 0 Å². The molecule has 1 aromatic rings. The number of nitro benzene ring substituents is 1. The summed E-state index contributed by atoms with van der Waals surface area (Å²) in [6.45, 7) is 6.23. The van der Waals surface area contributed by atoms with Crippen molar-refractivity contribution in [3.63, 3.8) is 0 Å². The fraction of sp³-hybridized carbons (Fsp3) is 0.471. The monoisotopic (exact) mass is 318 g/mol. The first kappa shape index (κ1) is 17.0. The zero-order chi connectivity index (χ0) is 17.0. The summed E-state index contributed by atoms with van der Waals surface area (Å²) in [7, 11) is 0. The summed E-state index contributed by atoms with van der Waals surface area (Å²) >= 11 is 0. The predicted molar refractivity (Wildman–Crippen MR) is 88.1 cm³/mol. The third kappa shape index (κ3) is 4.81. The summed E-state index contributed by atoms with van der Waals surface area (Å²) in [4.78, 5) is 24.1. The molecule has 0 aromatic heterocycles. The Morgan fingerprint density at radius 3 is 2.57 bits per heavy atom. The van der Waals surface area contributed by atoms with Gasteiger partial charge < -0.3 is 9.64 Å². The first-order valence-electron chi connectivity index (χ1n) is 7.68. The maximum atomic E-state index is 12.2. The third-order valence-corrected chi connectivity index (χ3v) is 3.54. The van der Waals surface area contributed by atoms with E-state index in [0.29, 0.717) is 6.54 Å². The molecule has 1 aromatic carbocycles. The highest BCUT2D eigenvalue weighted by molar-refractivity contribution is 5.69. The molecule has 1 heterocycles. The minimum atomic E-state index is -0.508. The summed E-state index contributed by atoms with van der Waals surface area (Å²) in [6.07, 6.45) is 5.38. The number of carbonyl (C=O) groups excluding carboxylic acids is 1. The quantitative estimate of drug-likeness (QED) is 0.623. The lowest BCUT2D eigenvalue weighted by molar-refractivity contribution is -0.384. The molecule has 1 saturated heterocycles. The minimum Gasteiger partial charge on any atom is -0.444 e. The van der Waals surface area contributed by atoms with Gasteiger partial charge in [0.15, 0.2) is 0 Å². The number of carbonyl (C=O) groups is 1. The number of likely N-dealkylation sites (tertiary alicyclic amines) is 1. The Kier molecular flexibility index (Phi) is 5.03. The number of rotatable bonds is 3. The highest BCUT2D eigenvalue weighted by Gasteiger charge is 2.30. The fourth-order valence-electron chi connectivity index (χ4n) is 2.47. The number of benzene rings is 1. The Labute approximate surface area is 135 Å². The topological polar surface area (TPSA) is 72.7 Å². The molecule has 1 aliphatic heterocycles. The van der Waals surface area contributed by atoms with Crippen LogP contribution in [0.2, 0.25) is 0 Å². The van der Waals surface area contributed by atoms with E-state index in [1.165, 1.54) is 12.1 Å². The van der Waals surface area contributed by atoms with Crippen LogP contribution in [-0.4, -0.2) is 34.1 Å². The first-order valence-corrected chi connectivity index (χ1v) is 7.68. The number of nitro groups is 1. The van der Waals surface area contributed by atoms with E-state index in [9.17, 15) is 14.9 Å². The molecular formula is C17H22N2O4. The van der Waals surface area contributed by atoms with Crippen molar-refractivity contribution in [2.45, 2.75) is 45.3 Å². The van der Waals surface area contributed by atoms with Gasteiger partial charge in [-0.2, -0.15) is 0 Å². The SMILES string of the molecule is CC(C)(C)OC(=O)N1CCCC1/C=C/c1ccc([N+](=O)[O-])cc1. The molecule has 0 radical (unpaired) electrons. The van der Waals surface area contributed by atoms with Crippen molar-refractivity contribution in [2.75, 3.05) is 6.54 Å². The summed E-state index contributed by atoms with van der Waals surface area (Å²) < 4.78 is 5.42. The summed E-state index contributed by atoms with van der Waals surface area (Å²) in [5.74, 6) is 0. The van der Waals surface area contributed by atoms with Crippen LogP contribution in [0.25, 0.3) is 6.08 Å². The van der Waals surface area contributed by atoms with Crippen molar-refractivity contribution >= 4 is 17.9 Å². The van der Waals surface area contributed by atoms with Crippen molar-refractivity contribution < 1.29 is 14.5 Å². The van der Waals surface area contributed by atoms with Crippen LogP contribution >= 0.6 is 0 Å². The van der Waals surface area contributed by atoms with Crippen LogP contribution in [0, 0.1) is 10.1 Å². The lowest BCUT2D eigenvalue weighted by atomic mass is 10.1. The van der Waals surface area contributed by atoms with Gasteiger partial charge in [-0.05, 0) is 51.3 Å². The van der Waals surface area contributed by atoms with Crippen LogP contribution in [0.4, 0.5) is 10.5 Å². The number of hydrogen-bond donors (Lipinski definition) is 0. The van der Waals surface area contributed by atoms with Gasteiger partial charge in [0.2, 0.25) is 0 Å². The van der Waals surface area contributed by atoms with E-state index in [0.717, 1.165) is 18.4 Å². The molecule has 1 aliphatic rings. The Morgan fingerprint density at radius 2 is 2.00 bits per heavy atom. The summed E-state index contributed by atoms with van der Waals surface area (Å²) in [5.41, 5.74) is 0.428. The normalized spacial score (nSPS) is 18.4. The summed E-state index contributed by atoms with van der Waals surface area (Å²) in [6, 6.07) is 6.34. The fourth-order valence-corrected chi connectivity index (χ4v) is 2.47. The van der Waals surface area contributed by atoms with Crippen LogP contribution in [0.5, 0.6) is 0 Å². The standard InChI is InChI=1S/C17H22N2O4/c1-17(2,3)23-16(20)18-12-4-5-14(18)9-6-13-7-10-15(11-8-13)19(21)22/h6-11,14H,4-5,12H2,1-3H3/b9-6+. The number of nitrogens with zero attached hydrogens (tertiary/aromatic N) is 2. The van der Waals surface area contributed by atoms with Gasteiger partial charge in [-0.1, -0.05) is 12.2 Å². The van der Waals surface area contributed by atoms with E-state index in [1.807, 2.05) is 32.9 Å². The van der Waals surface area contributed by atoms with Crippen LogP contribution in [0.3, 0.4) is 0 Å². The molecule has 0 spiro atoms. The Morgan fingerprint density at radius 1 is 1.35 bits per heavy atom. The number of non-ortho nitro benzene ring substituents is 1. The highest BCUT2D eigenvalue weighted by Crippen LogP contribution is 2.22. The van der Waals surface area contributed by atoms with Gasteiger partial charge in [0.05, 0.1) is 11.0 Å². The van der Waals surface area contributed by atoms with E-state index < -0.39 is 10.5 Å². The second-order valence-electron chi connectivity index (χ2n) is 6.59. The van der Waals surface area contributed by atoms with Crippen molar-refractivity contribution in [1.29, 1.82) is 0 Å². The maximum absolute atomic E-state index is 12.2. The van der Waals surface area contributed by atoms with Gasteiger partial charge in [-0.15, -0.1) is 0 Å². The first-order chi connectivity index (χ1) is 10.8. The van der Waals surface area contributed by atoms with E-state index in [2.05, 4.69) is 0 Å². The van der Waals surface area contributed by atoms with Crippen molar-refractivity contribution in [3.8, 4) is 0 Å². The molecule has 0 aliphatic carbocycles. The van der Waals surface area contributed by atoms with Crippen LogP contribution in [0.1, 0.15) is 39.2 Å². The van der Waals surface area contributed by atoms with E-state index in [4.69, 9.17) is 4.74 Å². The molecule has 6 heteroatoms. The molecule has 1 fully saturated rings. The number of ether oxygens (including phenoxy) is 1. The highest BCUT2D eigenvalue weighted by atomic mass is 16.6. The second kappa shape index (κ2) is 6.81. The molecule has 2 rings (SSSR count). The largest absolute Gasteiger partial charge is 0.444 e. The Bertz CT molecular complexity index is 602. The molecular weight excluding hydrogens is 296 g/mol. The molecule has 6 nitrogen and oxygen atoms in total. The van der Waals surface area contributed by atoms with E-state index in [1.54, 1.807) is 17.0 Å². The van der Waals surface area contributed by atoms with E-state index in [-0.39, 0.29) is 17.8 Å². The Balaban J connectivity index is 2.03. The van der Waals surface area contributed by atoms with Crippen molar-refractivity contribution in [1.82, 2.24) is 4.90 Å². The van der Waals surface area contributed by atoms with Crippen LogP contribution in [0.15, 0.2) is 30.3 Å². The van der Waals surface area contributed by atoms with Gasteiger partial charge in [-0.25, -0.2) is 4.79 Å². The lowest BCUT2D eigenvalue weighted by Gasteiger charge is -2.27. The van der Waals surface area contributed by atoms with Gasteiger partial charge in [-0.3, -0.25) is 10.1 Å². The molecule has 1 atom stereocenters. The molecule has 0 N–H and O–H groups in total. The zero-order valence-electron chi connectivity index (χ0n) is 13.7. The maximum Gasteiger partial charge on any atom is 0.410 e. The molecule has 1 unspecified atom stereocenters. The van der Waals surface area contributed by atoms with E-state index >= 15 is 0 Å². The number of hydrogen-bond acceptors (Lipinski definition) is 4. The Hall–Kier alpha value is -2.37. The average Bonchev–Trinajstić information content (AvgIpc) is 2.92. The van der Waals surface area contributed by atoms with Gasteiger partial charge in [0.1, 0.15) is 5.60 Å². The van der Waals surface area contributed by atoms with Gasteiger partial charge in [0.25, 0.3) is 5.69 Å². The molecule has 23 heavy (non-hydrogen) atoms. The number of amides is 1. The molecule has 0 bridgehead atoms. The van der Waals surface area contributed by atoms with Crippen LogP contribution < -0.4 is 0 Å².